The fourth-order valence-corrected chi connectivity index (χ4v) is 5.14. The third-order valence-corrected chi connectivity index (χ3v) is 7.04. The summed E-state index contributed by atoms with van der Waals surface area (Å²) in [6, 6.07) is 29.7. The summed E-state index contributed by atoms with van der Waals surface area (Å²) in [5.41, 5.74) is 4.66. The van der Waals surface area contributed by atoms with Crippen LogP contribution in [0.15, 0.2) is 97.1 Å². The van der Waals surface area contributed by atoms with Crippen LogP contribution >= 0.6 is 0 Å². The third kappa shape index (κ3) is 3.98. The minimum atomic E-state index is -0.468. The molecule has 6 rings (SSSR count). The van der Waals surface area contributed by atoms with Gasteiger partial charge in [0.1, 0.15) is 11.9 Å². The third-order valence-electron chi connectivity index (χ3n) is 7.04. The molecule has 0 bridgehead atoms. The molecule has 38 heavy (non-hydrogen) atoms. The van der Waals surface area contributed by atoms with Crippen molar-refractivity contribution in [2.75, 3.05) is 12.4 Å². The maximum Gasteiger partial charge on any atom is 0.261 e. The van der Waals surface area contributed by atoms with Gasteiger partial charge in [-0.25, -0.2) is 0 Å². The van der Waals surface area contributed by atoms with Gasteiger partial charge in [-0.05, 0) is 47.5 Å². The lowest BCUT2D eigenvalue weighted by Gasteiger charge is -2.38. The van der Waals surface area contributed by atoms with Gasteiger partial charge in [-0.2, -0.15) is 0 Å². The van der Waals surface area contributed by atoms with Crippen molar-refractivity contribution in [2.24, 2.45) is 0 Å². The van der Waals surface area contributed by atoms with E-state index in [0.29, 0.717) is 34.5 Å². The first-order chi connectivity index (χ1) is 18.5. The van der Waals surface area contributed by atoms with E-state index in [9.17, 15) is 14.4 Å². The number of nitrogens with zero attached hydrogens (tertiary/aromatic N) is 2. The Balaban J connectivity index is 1.37. The molecule has 188 valence electrons. The first kappa shape index (κ1) is 23.5. The number of imide groups is 1. The smallest absolute Gasteiger partial charge is 0.261 e. The highest BCUT2D eigenvalue weighted by molar-refractivity contribution is 6.21. The first-order valence-electron chi connectivity index (χ1n) is 12.4. The van der Waals surface area contributed by atoms with Crippen LogP contribution in [0.2, 0.25) is 0 Å². The van der Waals surface area contributed by atoms with Crippen molar-refractivity contribution in [2.45, 2.75) is 19.3 Å². The largest absolute Gasteiger partial charge is 0.496 e. The van der Waals surface area contributed by atoms with Gasteiger partial charge in [-0.15, -0.1) is 0 Å². The Morgan fingerprint density at radius 3 is 2.03 bits per heavy atom. The Labute approximate surface area is 220 Å². The second-order valence-corrected chi connectivity index (χ2v) is 9.32. The number of benzene rings is 4. The standard InChI is InChI=1S/C31H25N3O4/c1-38-27-16-15-21(17-22(27)19-34-29(35)23-11-5-6-12-24(23)30(34)36)28-32-26-14-8-7-13-25(26)31(37)33(28)18-20-9-3-2-4-10-20/h2-17,28,32H,18-19H2,1H3/t28-/m0/s1. The van der Waals surface area contributed by atoms with E-state index in [4.69, 9.17) is 4.74 Å². The second kappa shape index (κ2) is 9.52. The Kier molecular flexibility index (Phi) is 5.88. The van der Waals surface area contributed by atoms with Gasteiger partial charge in [0.15, 0.2) is 0 Å². The van der Waals surface area contributed by atoms with Crippen LogP contribution in [-0.2, 0) is 13.1 Å². The minimum Gasteiger partial charge on any atom is -0.496 e. The lowest BCUT2D eigenvalue weighted by Crippen LogP contribution is -2.42. The first-order valence-corrected chi connectivity index (χ1v) is 12.4. The number of nitrogens with one attached hydrogen (secondary N) is 1. The topological polar surface area (TPSA) is 79.0 Å². The van der Waals surface area contributed by atoms with Crippen molar-refractivity contribution in [3.63, 3.8) is 0 Å². The maximum atomic E-state index is 13.7. The zero-order valence-corrected chi connectivity index (χ0v) is 20.8. The molecule has 0 unspecified atom stereocenters. The van der Waals surface area contributed by atoms with Gasteiger partial charge in [0, 0.05) is 17.8 Å². The molecule has 0 aromatic heterocycles. The van der Waals surface area contributed by atoms with Gasteiger partial charge in [-0.1, -0.05) is 60.7 Å². The molecular formula is C31H25N3O4. The van der Waals surface area contributed by atoms with E-state index in [-0.39, 0.29) is 24.3 Å². The zero-order valence-electron chi connectivity index (χ0n) is 20.8. The normalized spacial score (nSPS) is 16.2. The number of anilines is 1. The van der Waals surface area contributed by atoms with Crippen LogP contribution in [0.1, 0.15) is 53.9 Å². The lowest BCUT2D eigenvalue weighted by atomic mass is 10.0. The van der Waals surface area contributed by atoms with E-state index < -0.39 is 6.17 Å². The van der Waals surface area contributed by atoms with Crippen LogP contribution in [0.3, 0.4) is 0 Å². The van der Waals surface area contributed by atoms with Gasteiger partial charge in [0.05, 0.1) is 30.3 Å². The highest BCUT2D eigenvalue weighted by Gasteiger charge is 2.37. The number of para-hydroxylation sites is 1. The Hall–Kier alpha value is -4.91. The number of rotatable bonds is 6. The second-order valence-electron chi connectivity index (χ2n) is 9.32. The number of hydrogen-bond acceptors (Lipinski definition) is 5. The molecule has 0 fully saturated rings. The molecule has 7 nitrogen and oxygen atoms in total. The molecule has 1 atom stereocenters. The number of carbonyl (C=O) groups is 3. The van der Waals surface area contributed by atoms with Crippen molar-refractivity contribution < 1.29 is 19.1 Å². The molecule has 2 heterocycles. The molecule has 4 aromatic carbocycles. The summed E-state index contributed by atoms with van der Waals surface area (Å²) in [7, 11) is 1.56. The summed E-state index contributed by atoms with van der Waals surface area (Å²) in [6.45, 7) is 0.463. The van der Waals surface area contributed by atoms with E-state index in [2.05, 4.69) is 5.32 Å². The average molecular weight is 504 g/mol. The summed E-state index contributed by atoms with van der Waals surface area (Å²) >= 11 is 0. The number of methoxy groups -OCH3 is 1. The highest BCUT2D eigenvalue weighted by atomic mass is 16.5. The minimum absolute atomic E-state index is 0.0549. The number of fused-ring (bicyclic) bond motifs is 2. The van der Waals surface area contributed by atoms with Crippen LogP contribution in [-0.4, -0.2) is 34.6 Å². The summed E-state index contributed by atoms with van der Waals surface area (Å²) in [6.07, 6.45) is -0.468. The average Bonchev–Trinajstić information content (AvgIpc) is 3.20. The monoisotopic (exact) mass is 503 g/mol. The molecule has 3 amide bonds. The van der Waals surface area contributed by atoms with Crippen molar-refractivity contribution >= 4 is 23.4 Å². The Bertz CT molecular complexity index is 1530. The quantitative estimate of drug-likeness (QED) is 0.363. The molecule has 0 aliphatic carbocycles. The molecule has 2 aliphatic rings. The molecular weight excluding hydrogens is 478 g/mol. The van der Waals surface area contributed by atoms with Gasteiger partial charge in [0.2, 0.25) is 0 Å². The van der Waals surface area contributed by atoms with Crippen LogP contribution in [0.4, 0.5) is 5.69 Å². The molecule has 0 saturated carbocycles. The van der Waals surface area contributed by atoms with Gasteiger partial charge < -0.3 is 15.0 Å². The number of hydrogen-bond donors (Lipinski definition) is 1. The van der Waals surface area contributed by atoms with Gasteiger partial charge >= 0.3 is 0 Å². The molecule has 0 spiro atoms. The van der Waals surface area contributed by atoms with Gasteiger partial charge in [0.25, 0.3) is 17.7 Å². The Morgan fingerprint density at radius 1 is 0.711 bits per heavy atom. The maximum absolute atomic E-state index is 13.7. The van der Waals surface area contributed by atoms with Crippen LogP contribution < -0.4 is 10.1 Å². The highest BCUT2D eigenvalue weighted by Crippen LogP contribution is 2.36. The number of amides is 3. The molecule has 0 radical (unpaired) electrons. The molecule has 1 N–H and O–H groups in total. The zero-order chi connectivity index (χ0) is 26.2. The molecule has 7 heteroatoms. The molecule has 2 aliphatic heterocycles. The van der Waals surface area contributed by atoms with Crippen molar-refractivity contribution in [3.8, 4) is 5.75 Å². The molecule has 4 aromatic rings. The van der Waals surface area contributed by atoms with Crippen LogP contribution in [0, 0.1) is 0 Å². The summed E-state index contributed by atoms with van der Waals surface area (Å²) in [5.74, 6) is -0.180. The number of ether oxygens (including phenoxy) is 1. The summed E-state index contributed by atoms with van der Waals surface area (Å²) < 4.78 is 5.60. The van der Waals surface area contributed by atoms with Crippen molar-refractivity contribution in [1.82, 2.24) is 9.80 Å². The van der Waals surface area contributed by atoms with Crippen LogP contribution in [0.5, 0.6) is 5.75 Å². The van der Waals surface area contributed by atoms with E-state index in [1.165, 1.54) is 4.90 Å². The fourth-order valence-electron chi connectivity index (χ4n) is 5.14. The lowest BCUT2D eigenvalue weighted by molar-refractivity contribution is 0.0640. The predicted molar refractivity (Wildman–Crippen MR) is 143 cm³/mol. The fraction of sp³-hybridized carbons (Fsp3) is 0.129. The summed E-state index contributed by atoms with van der Waals surface area (Å²) in [5, 5.41) is 3.52. The van der Waals surface area contributed by atoms with Crippen molar-refractivity contribution in [1.29, 1.82) is 0 Å². The predicted octanol–water partition coefficient (Wildman–Crippen LogP) is 5.26. The summed E-state index contributed by atoms with van der Waals surface area (Å²) in [4.78, 5) is 42.8. The Morgan fingerprint density at radius 2 is 1.34 bits per heavy atom. The van der Waals surface area contributed by atoms with Crippen molar-refractivity contribution in [3.05, 3.63) is 130 Å². The SMILES string of the molecule is COc1ccc([C@H]2Nc3ccccc3C(=O)N2Cc2ccccc2)cc1CN1C(=O)c2ccccc2C1=O. The molecule has 0 saturated heterocycles. The van der Waals surface area contributed by atoms with E-state index in [1.54, 1.807) is 36.3 Å². The van der Waals surface area contributed by atoms with E-state index in [0.717, 1.165) is 16.8 Å². The van der Waals surface area contributed by atoms with E-state index in [1.807, 2.05) is 72.8 Å². The van der Waals surface area contributed by atoms with Gasteiger partial charge in [-0.3, -0.25) is 19.3 Å². The number of carbonyl (C=O) groups excluding carboxylic acids is 3. The van der Waals surface area contributed by atoms with Crippen LogP contribution in [0.25, 0.3) is 0 Å². The van der Waals surface area contributed by atoms with E-state index >= 15 is 0 Å².